The third-order valence-electron chi connectivity index (χ3n) is 4.02. The van der Waals surface area contributed by atoms with Crippen LogP contribution < -0.4 is 14.8 Å². The maximum absolute atomic E-state index is 12.8. The van der Waals surface area contributed by atoms with Gasteiger partial charge in [0.05, 0.1) is 12.2 Å². The van der Waals surface area contributed by atoms with Gasteiger partial charge >= 0.3 is 6.36 Å². The van der Waals surface area contributed by atoms with Crippen LogP contribution in [0.1, 0.15) is 10.4 Å². The molecule has 1 amide bonds. The minimum Gasteiger partial charge on any atom is -0.490 e. The molecule has 0 bridgehead atoms. The van der Waals surface area contributed by atoms with E-state index in [4.69, 9.17) is 4.74 Å². The fourth-order valence-electron chi connectivity index (χ4n) is 2.77. The minimum atomic E-state index is -4.77. The third-order valence-corrected chi connectivity index (χ3v) is 4.02. The number of ether oxygens (including phenoxy) is 2. The normalized spacial score (nSPS) is 16.2. The first-order chi connectivity index (χ1) is 12.9. The summed E-state index contributed by atoms with van der Waals surface area (Å²) < 4.78 is 46.3. The summed E-state index contributed by atoms with van der Waals surface area (Å²) in [5, 5.41) is 3.21. The van der Waals surface area contributed by atoms with Crippen LogP contribution in [0.15, 0.2) is 48.8 Å². The molecule has 29 heavy (non-hydrogen) atoms. The molecule has 1 aliphatic heterocycles. The van der Waals surface area contributed by atoms with Gasteiger partial charge in [-0.15, -0.1) is 38.0 Å². The summed E-state index contributed by atoms with van der Waals surface area (Å²) in [6.07, 6.45) is -1.54. The van der Waals surface area contributed by atoms with Crippen molar-refractivity contribution in [2.75, 3.05) is 26.2 Å². The number of piperazine rings is 1. The molecule has 0 aliphatic carbocycles. The predicted molar refractivity (Wildman–Crippen MR) is 105 cm³/mol. The lowest BCUT2D eigenvalue weighted by Gasteiger charge is -2.36. The Balaban J connectivity index is 0.00000210. The first-order valence-corrected chi connectivity index (χ1v) is 8.33. The fraction of sp³-hybridized carbons (Fsp3) is 0.333. The van der Waals surface area contributed by atoms with E-state index in [-0.39, 0.29) is 54.7 Å². The van der Waals surface area contributed by atoms with Gasteiger partial charge in [0.15, 0.2) is 0 Å². The van der Waals surface area contributed by atoms with Gasteiger partial charge in [0.25, 0.3) is 5.91 Å². The molecule has 2 heterocycles. The van der Waals surface area contributed by atoms with Crippen LogP contribution in [0.2, 0.25) is 0 Å². The lowest BCUT2D eigenvalue weighted by molar-refractivity contribution is -0.274. The molecule has 1 saturated heterocycles. The summed E-state index contributed by atoms with van der Waals surface area (Å²) in [5.41, 5.74) is 0.290. The second-order valence-electron chi connectivity index (χ2n) is 5.93. The number of alkyl halides is 3. The molecule has 0 spiro atoms. The minimum absolute atomic E-state index is 0. The van der Waals surface area contributed by atoms with Gasteiger partial charge < -0.3 is 19.7 Å². The van der Waals surface area contributed by atoms with Crippen molar-refractivity contribution in [2.24, 2.45) is 0 Å². The van der Waals surface area contributed by atoms with E-state index in [9.17, 15) is 18.0 Å². The molecule has 1 fully saturated rings. The zero-order valence-electron chi connectivity index (χ0n) is 15.1. The van der Waals surface area contributed by atoms with E-state index in [1.807, 2.05) is 0 Å². The predicted octanol–water partition coefficient (Wildman–Crippen LogP) is 3.32. The molecule has 1 N–H and O–H groups in total. The van der Waals surface area contributed by atoms with Crippen molar-refractivity contribution >= 4 is 30.7 Å². The molecule has 1 aromatic heterocycles. The maximum atomic E-state index is 12.8. The topological polar surface area (TPSA) is 63.7 Å². The molecule has 160 valence electrons. The van der Waals surface area contributed by atoms with Crippen molar-refractivity contribution in [3.8, 4) is 11.5 Å². The summed E-state index contributed by atoms with van der Waals surface area (Å²) >= 11 is 0. The number of pyridine rings is 1. The van der Waals surface area contributed by atoms with Crippen LogP contribution in [-0.2, 0) is 0 Å². The van der Waals surface area contributed by atoms with Crippen molar-refractivity contribution < 1.29 is 27.4 Å². The summed E-state index contributed by atoms with van der Waals surface area (Å²) in [4.78, 5) is 18.4. The van der Waals surface area contributed by atoms with E-state index in [2.05, 4.69) is 15.0 Å². The molecule has 0 radical (unpaired) electrons. The quantitative estimate of drug-likeness (QED) is 0.752. The molecule has 2 aromatic rings. The Morgan fingerprint density at radius 2 is 1.90 bits per heavy atom. The van der Waals surface area contributed by atoms with Gasteiger partial charge in [-0.1, -0.05) is 0 Å². The second-order valence-corrected chi connectivity index (χ2v) is 5.93. The lowest BCUT2D eigenvalue weighted by Crippen LogP contribution is -2.55. The van der Waals surface area contributed by atoms with Crippen LogP contribution in [0.3, 0.4) is 0 Å². The molecular formula is C18H20Cl2F3N3O3. The van der Waals surface area contributed by atoms with Crippen molar-refractivity contribution in [2.45, 2.75) is 12.4 Å². The molecule has 1 aliphatic rings. The maximum Gasteiger partial charge on any atom is 0.573 e. The fourth-order valence-corrected chi connectivity index (χ4v) is 2.77. The Labute approximate surface area is 178 Å². The van der Waals surface area contributed by atoms with E-state index in [0.29, 0.717) is 25.4 Å². The number of nitrogens with zero attached hydrogens (tertiary/aromatic N) is 2. The van der Waals surface area contributed by atoms with Crippen molar-refractivity contribution in [3.63, 3.8) is 0 Å². The zero-order chi connectivity index (χ0) is 19.3. The first kappa shape index (κ1) is 24.8. The first-order valence-electron chi connectivity index (χ1n) is 8.33. The molecule has 1 unspecified atom stereocenters. The highest BCUT2D eigenvalue weighted by Crippen LogP contribution is 2.23. The molecular weight excluding hydrogens is 434 g/mol. The van der Waals surface area contributed by atoms with E-state index in [0.717, 1.165) is 12.1 Å². The van der Waals surface area contributed by atoms with Gasteiger partial charge in [-0.2, -0.15) is 0 Å². The monoisotopic (exact) mass is 453 g/mol. The van der Waals surface area contributed by atoms with Crippen molar-refractivity contribution in [1.82, 2.24) is 15.2 Å². The van der Waals surface area contributed by atoms with Gasteiger partial charge in [-0.05, 0) is 36.4 Å². The average Bonchev–Trinajstić information content (AvgIpc) is 2.66. The van der Waals surface area contributed by atoms with Gasteiger partial charge in [0, 0.05) is 31.4 Å². The van der Waals surface area contributed by atoms with Crippen LogP contribution in [-0.4, -0.2) is 54.4 Å². The van der Waals surface area contributed by atoms with Gasteiger partial charge in [-0.25, -0.2) is 0 Å². The number of carbonyl (C=O) groups is 1. The number of carbonyl (C=O) groups excluding carboxylic acids is 1. The van der Waals surface area contributed by atoms with Crippen LogP contribution in [0.4, 0.5) is 13.2 Å². The number of hydrogen-bond acceptors (Lipinski definition) is 5. The Bertz CT molecular complexity index is 764. The molecule has 1 aromatic carbocycles. The van der Waals surface area contributed by atoms with E-state index >= 15 is 0 Å². The molecule has 1 atom stereocenters. The second kappa shape index (κ2) is 11.1. The molecule has 3 rings (SSSR count). The van der Waals surface area contributed by atoms with Crippen LogP contribution in [0.5, 0.6) is 11.5 Å². The Morgan fingerprint density at radius 3 is 2.52 bits per heavy atom. The van der Waals surface area contributed by atoms with Gasteiger partial charge in [-0.3, -0.25) is 9.78 Å². The van der Waals surface area contributed by atoms with Crippen LogP contribution in [0, 0.1) is 0 Å². The molecule has 6 nitrogen and oxygen atoms in total. The number of benzene rings is 1. The smallest absolute Gasteiger partial charge is 0.490 e. The average molecular weight is 454 g/mol. The summed E-state index contributed by atoms with van der Waals surface area (Å²) in [7, 11) is 0. The Kier molecular flexibility index (Phi) is 9.48. The van der Waals surface area contributed by atoms with E-state index in [1.165, 1.54) is 12.1 Å². The standard InChI is InChI=1S/C18H18F3N3O3.2ClH/c19-18(20,21)27-15-5-3-13(4-6-15)17(25)24-9-8-23-10-14(24)12-26-16-2-1-7-22-11-16;;/h1-7,11,14,23H,8-10,12H2;2*1H. The van der Waals surface area contributed by atoms with Gasteiger partial charge in [0.1, 0.15) is 18.1 Å². The van der Waals surface area contributed by atoms with Crippen LogP contribution in [0.25, 0.3) is 0 Å². The highest BCUT2D eigenvalue weighted by Gasteiger charge is 2.31. The van der Waals surface area contributed by atoms with E-state index in [1.54, 1.807) is 29.4 Å². The Morgan fingerprint density at radius 1 is 1.17 bits per heavy atom. The summed E-state index contributed by atoms with van der Waals surface area (Å²) in [5.74, 6) is -0.0326. The van der Waals surface area contributed by atoms with E-state index < -0.39 is 6.36 Å². The highest BCUT2D eigenvalue weighted by atomic mass is 35.5. The Hall–Kier alpha value is -2.23. The summed E-state index contributed by atoms with van der Waals surface area (Å²) in [6.45, 7) is 1.94. The number of rotatable bonds is 5. The number of aromatic nitrogens is 1. The SMILES string of the molecule is Cl.Cl.O=C(c1ccc(OC(F)(F)F)cc1)N1CCNCC1COc1cccnc1. The zero-order valence-corrected chi connectivity index (χ0v) is 16.7. The summed E-state index contributed by atoms with van der Waals surface area (Å²) in [6, 6.07) is 8.22. The van der Waals surface area contributed by atoms with Crippen molar-refractivity contribution in [3.05, 3.63) is 54.4 Å². The number of amides is 1. The highest BCUT2D eigenvalue weighted by molar-refractivity contribution is 5.94. The molecule has 11 heteroatoms. The molecule has 0 saturated carbocycles. The number of halogens is 5. The number of nitrogens with one attached hydrogen (secondary N) is 1. The third kappa shape index (κ3) is 7.26. The van der Waals surface area contributed by atoms with Crippen LogP contribution >= 0.6 is 24.8 Å². The van der Waals surface area contributed by atoms with Gasteiger partial charge in [0.2, 0.25) is 0 Å². The number of hydrogen-bond donors (Lipinski definition) is 1. The largest absolute Gasteiger partial charge is 0.573 e. The van der Waals surface area contributed by atoms with Crippen molar-refractivity contribution in [1.29, 1.82) is 0 Å². The lowest BCUT2D eigenvalue weighted by atomic mass is 10.1.